The number of fused-ring (bicyclic) bond motifs is 1. The number of amides is 1. The highest BCUT2D eigenvalue weighted by Crippen LogP contribution is 2.52. The van der Waals surface area contributed by atoms with Crippen LogP contribution >= 0.6 is 0 Å². The van der Waals surface area contributed by atoms with Gasteiger partial charge in [-0.25, -0.2) is 4.99 Å². The van der Waals surface area contributed by atoms with Crippen LogP contribution in [0.15, 0.2) is 9.98 Å². The third-order valence-corrected chi connectivity index (χ3v) is 4.18. The molecule has 19 heavy (non-hydrogen) atoms. The first kappa shape index (κ1) is 12.4. The highest BCUT2D eigenvalue weighted by atomic mass is 16.3. The van der Waals surface area contributed by atoms with Crippen LogP contribution in [0.25, 0.3) is 0 Å². The van der Waals surface area contributed by atoms with Gasteiger partial charge < -0.3 is 20.8 Å². The van der Waals surface area contributed by atoms with Crippen LogP contribution in [0.1, 0.15) is 6.42 Å². The van der Waals surface area contributed by atoms with Gasteiger partial charge in [0.15, 0.2) is 18.2 Å². The van der Waals surface area contributed by atoms with E-state index in [1.54, 1.807) is 6.34 Å². The fourth-order valence-corrected chi connectivity index (χ4v) is 2.83. The average Bonchev–Trinajstić information content (AvgIpc) is 2.95. The molecule has 8 heteroatoms. The number of rotatable bonds is 4. The van der Waals surface area contributed by atoms with Crippen LogP contribution in [0.4, 0.5) is 0 Å². The van der Waals surface area contributed by atoms with Crippen LogP contribution in [0, 0.1) is 11.3 Å². The molecule has 2 heterocycles. The van der Waals surface area contributed by atoms with Crippen LogP contribution in [-0.2, 0) is 4.79 Å². The first-order chi connectivity index (χ1) is 9.09. The Hall–Kier alpha value is -1.67. The zero-order chi connectivity index (χ0) is 13.6. The van der Waals surface area contributed by atoms with Gasteiger partial charge in [-0.2, -0.15) is 0 Å². The summed E-state index contributed by atoms with van der Waals surface area (Å²) in [6.45, 7) is 0.584. The highest BCUT2D eigenvalue weighted by molar-refractivity contribution is 6.02. The van der Waals surface area contributed by atoms with Crippen LogP contribution < -0.4 is 11.1 Å². The number of hydrogen-bond acceptors (Lipinski definition) is 7. The van der Waals surface area contributed by atoms with E-state index in [9.17, 15) is 15.0 Å². The summed E-state index contributed by atoms with van der Waals surface area (Å²) in [7, 11) is 0. The predicted molar refractivity (Wildman–Crippen MR) is 67.3 cm³/mol. The molecule has 0 saturated heterocycles. The monoisotopic (exact) mass is 267 g/mol. The van der Waals surface area contributed by atoms with Gasteiger partial charge in [0.2, 0.25) is 0 Å². The number of aliphatic imine (C=N–C) groups is 2. The number of nitrogens with zero attached hydrogens (tertiary/aromatic N) is 3. The van der Waals surface area contributed by atoms with Crippen molar-refractivity contribution in [2.45, 2.75) is 18.6 Å². The molecular weight excluding hydrogens is 250 g/mol. The van der Waals surface area contributed by atoms with Gasteiger partial charge in [-0.05, 0) is 12.3 Å². The van der Waals surface area contributed by atoms with Crippen molar-refractivity contribution in [2.24, 2.45) is 27.1 Å². The summed E-state index contributed by atoms with van der Waals surface area (Å²) in [6.07, 6.45) is 1.92. The quantitative estimate of drug-likeness (QED) is 0.447. The second kappa shape index (κ2) is 4.17. The summed E-state index contributed by atoms with van der Waals surface area (Å²) in [5, 5.41) is 21.1. The fraction of sp³-hybridized carbons (Fsp3) is 0.727. The molecule has 3 aliphatic rings. The molecule has 1 aliphatic carbocycles. The predicted octanol–water partition coefficient (Wildman–Crippen LogP) is -2.54. The maximum absolute atomic E-state index is 11.7. The smallest absolute Gasteiger partial charge is 0.255 e. The minimum atomic E-state index is -0.575. The largest absolute Gasteiger partial charge is 0.396 e. The summed E-state index contributed by atoms with van der Waals surface area (Å²) in [6, 6.07) is -0.575. The summed E-state index contributed by atoms with van der Waals surface area (Å²) in [5.41, 5.74) is 5.24. The maximum Gasteiger partial charge on any atom is 0.255 e. The third kappa shape index (κ3) is 1.87. The number of guanidine groups is 1. The second-order valence-electron chi connectivity index (χ2n) is 5.40. The van der Waals surface area contributed by atoms with Gasteiger partial charge in [0.1, 0.15) is 0 Å². The van der Waals surface area contributed by atoms with Crippen molar-refractivity contribution in [2.75, 3.05) is 19.8 Å². The molecule has 4 unspecified atom stereocenters. The Morgan fingerprint density at radius 3 is 3.00 bits per heavy atom. The normalized spacial score (nSPS) is 39.9. The van der Waals surface area contributed by atoms with E-state index in [2.05, 4.69) is 15.3 Å². The van der Waals surface area contributed by atoms with Gasteiger partial charge in [0, 0.05) is 18.6 Å². The van der Waals surface area contributed by atoms with E-state index in [0.29, 0.717) is 6.54 Å². The van der Waals surface area contributed by atoms with E-state index in [4.69, 9.17) is 5.73 Å². The molecule has 0 spiro atoms. The van der Waals surface area contributed by atoms with E-state index in [0.717, 1.165) is 6.42 Å². The third-order valence-electron chi connectivity index (χ3n) is 4.18. The summed E-state index contributed by atoms with van der Waals surface area (Å²) in [5.74, 6) is -0.0678. The number of nitrogens with two attached hydrogens (primary N) is 1. The Balaban J connectivity index is 1.75. The lowest BCUT2D eigenvalue weighted by molar-refractivity contribution is -0.122. The van der Waals surface area contributed by atoms with Gasteiger partial charge in [0.05, 0.1) is 12.9 Å². The van der Waals surface area contributed by atoms with Gasteiger partial charge in [-0.1, -0.05) is 0 Å². The van der Waals surface area contributed by atoms with Crippen LogP contribution in [-0.4, -0.2) is 65.3 Å². The topological polar surface area (TPSA) is 124 Å². The van der Waals surface area contributed by atoms with Crippen LogP contribution in [0.2, 0.25) is 0 Å². The van der Waals surface area contributed by atoms with Crippen molar-refractivity contribution >= 4 is 18.2 Å². The molecule has 5 N–H and O–H groups in total. The molecule has 4 atom stereocenters. The lowest BCUT2D eigenvalue weighted by Crippen LogP contribution is -2.54. The Bertz CT molecular complexity index is 465. The zero-order valence-corrected chi connectivity index (χ0v) is 10.4. The first-order valence-electron chi connectivity index (χ1n) is 6.24. The Morgan fingerprint density at radius 1 is 1.58 bits per heavy atom. The molecule has 0 aromatic rings. The summed E-state index contributed by atoms with van der Waals surface area (Å²) in [4.78, 5) is 21.8. The molecule has 1 fully saturated rings. The van der Waals surface area contributed by atoms with Crippen molar-refractivity contribution < 1.29 is 15.0 Å². The van der Waals surface area contributed by atoms with E-state index in [1.165, 1.54) is 0 Å². The lowest BCUT2D eigenvalue weighted by Gasteiger charge is -2.30. The first-order valence-corrected chi connectivity index (χ1v) is 6.24. The van der Waals surface area contributed by atoms with E-state index in [-0.39, 0.29) is 36.4 Å². The molecule has 1 amide bonds. The van der Waals surface area contributed by atoms with Gasteiger partial charge in [-0.3, -0.25) is 15.1 Å². The highest BCUT2D eigenvalue weighted by Gasteiger charge is 2.55. The maximum atomic E-state index is 11.7. The van der Waals surface area contributed by atoms with Gasteiger partial charge in [0.25, 0.3) is 5.91 Å². The molecule has 3 rings (SSSR count). The van der Waals surface area contributed by atoms with Crippen molar-refractivity contribution in [3.63, 3.8) is 0 Å². The number of carbonyl (C=O) groups excluding carboxylic acids is 1. The molecular formula is C11H17N5O3. The van der Waals surface area contributed by atoms with E-state index >= 15 is 0 Å². The minimum Gasteiger partial charge on any atom is -0.396 e. The minimum absolute atomic E-state index is 0.00530. The van der Waals surface area contributed by atoms with Crippen molar-refractivity contribution in [3.05, 3.63) is 0 Å². The molecule has 2 aliphatic heterocycles. The number of carbonyl (C=O) groups is 1. The van der Waals surface area contributed by atoms with Crippen molar-refractivity contribution in [1.82, 2.24) is 10.2 Å². The standard InChI is InChI=1S/C11H17N5O3/c12-10-14-8-7(9(19)15-10)13-5-16(8)3-11(4-18)1-6(11)2-17/h5-8,17-18H,1-4H2,(H3,12,14,15,19). The lowest BCUT2D eigenvalue weighted by atomic mass is 10.0. The molecule has 0 aromatic carbocycles. The number of hydrogen-bond donors (Lipinski definition) is 4. The fourth-order valence-electron chi connectivity index (χ4n) is 2.83. The Labute approximate surface area is 110 Å². The number of aliphatic hydroxyl groups excluding tert-OH is 2. The van der Waals surface area contributed by atoms with Crippen LogP contribution in [0.5, 0.6) is 0 Å². The summed E-state index contributed by atoms with van der Waals surface area (Å²) >= 11 is 0. The van der Waals surface area contributed by atoms with Crippen molar-refractivity contribution in [1.29, 1.82) is 0 Å². The van der Waals surface area contributed by atoms with E-state index < -0.39 is 12.2 Å². The molecule has 0 bridgehead atoms. The second-order valence-corrected chi connectivity index (χ2v) is 5.40. The molecule has 8 nitrogen and oxygen atoms in total. The van der Waals surface area contributed by atoms with Gasteiger partial charge >= 0.3 is 0 Å². The van der Waals surface area contributed by atoms with E-state index in [1.807, 2.05) is 4.90 Å². The zero-order valence-electron chi connectivity index (χ0n) is 10.4. The SMILES string of the molecule is NC1=NC2C(N=CN2CC2(CO)CC2CO)C(=O)N1. The molecule has 0 radical (unpaired) electrons. The average molecular weight is 267 g/mol. The van der Waals surface area contributed by atoms with Gasteiger partial charge in [-0.15, -0.1) is 0 Å². The summed E-state index contributed by atoms with van der Waals surface area (Å²) < 4.78 is 0. The molecule has 104 valence electrons. The molecule has 0 aromatic heterocycles. The molecule has 1 saturated carbocycles. The van der Waals surface area contributed by atoms with Crippen LogP contribution in [0.3, 0.4) is 0 Å². The van der Waals surface area contributed by atoms with Crippen molar-refractivity contribution in [3.8, 4) is 0 Å². The number of aliphatic hydroxyl groups is 2. The Morgan fingerprint density at radius 2 is 2.37 bits per heavy atom. The number of nitrogens with one attached hydrogen (secondary N) is 1. The Kier molecular flexibility index (Phi) is 2.72.